The number of hydrogen-bond acceptors (Lipinski definition) is 4. The fourth-order valence-electron chi connectivity index (χ4n) is 2.06. The molecule has 0 aliphatic carbocycles. The highest BCUT2D eigenvalue weighted by atomic mass is 35.5. The second kappa shape index (κ2) is 5.15. The number of rotatable bonds is 2. The van der Waals surface area contributed by atoms with Gasteiger partial charge < -0.3 is 4.90 Å². The molecule has 2 rings (SSSR count). The molecule has 1 aromatic heterocycles. The van der Waals surface area contributed by atoms with Crippen LogP contribution in [0.15, 0.2) is 18.3 Å². The van der Waals surface area contributed by atoms with Crippen molar-refractivity contribution < 1.29 is 4.79 Å². The number of nitrogens with zero attached hydrogens (tertiary/aromatic N) is 3. The standard InChI is InChI=1S/C12H12ClN3O/c13-12(17)10-3-1-2-6-16(10)11-5-4-9(7-14)8-15-11/h4-5,8,10H,1-3,6H2. The van der Waals surface area contributed by atoms with Gasteiger partial charge in [-0.15, -0.1) is 0 Å². The average molecular weight is 250 g/mol. The summed E-state index contributed by atoms with van der Waals surface area (Å²) in [6, 6.07) is 5.19. The molecule has 1 unspecified atom stereocenters. The molecule has 1 aliphatic rings. The third kappa shape index (κ3) is 2.56. The highest BCUT2D eigenvalue weighted by molar-refractivity contribution is 6.65. The van der Waals surface area contributed by atoms with Crippen LogP contribution in [0.25, 0.3) is 0 Å². The number of halogens is 1. The first kappa shape index (κ1) is 11.9. The van der Waals surface area contributed by atoms with E-state index in [1.54, 1.807) is 12.1 Å². The lowest BCUT2D eigenvalue weighted by Crippen LogP contribution is -2.43. The van der Waals surface area contributed by atoms with Gasteiger partial charge >= 0.3 is 0 Å². The SMILES string of the molecule is N#Cc1ccc(N2CCCCC2C(=O)Cl)nc1. The molecule has 0 N–H and O–H groups in total. The van der Waals surface area contributed by atoms with Crippen LogP contribution < -0.4 is 4.90 Å². The van der Waals surface area contributed by atoms with E-state index in [9.17, 15) is 4.79 Å². The predicted octanol–water partition coefficient (Wildman–Crippen LogP) is 2.08. The number of hydrogen-bond donors (Lipinski definition) is 0. The van der Waals surface area contributed by atoms with Gasteiger partial charge in [-0.3, -0.25) is 4.79 Å². The van der Waals surface area contributed by atoms with Crippen LogP contribution in [0.2, 0.25) is 0 Å². The molecule has 1 atom stereocenters. The molecule has 17 heavy (non-hydrogen) atoms. The topological polar surface area (TPSA) is 57.0 Å². The number of piperidine rings is 1. The summed E-state index contributed by atoms with van der Waals surface area (Å²) in [5.74, 6) is 0.711. The molecule has 1 saturated heterocycles. The van der Waals surface area contributed by atoms with Gasteiger partial charge in [-0.2, -0.15) is 5.26 Å². The van der Waals surface area contributed by atoms with Crippen molar-refractivity contribution in [2.24, 2.45) is 0 Å². The smallest absolute Gasteiger partial charge is 0.244 e. The molecular formula is C12H12ClN3O. The maximum Gasteiger partial charge on any atom is 0.244 e. The summed E-state index contributed by atoms with van der Waals surface area (Å²) in [5, 5.41) is 8.36. The lowest BCUT2D eigenvalue weighted by atomic mass is 10.0. The van der Waals surface area contributed by atoms with E-state index >= 15 is 0 Å². The number of pyridine rings is 1. The lowest BCUT2D eigenvalue weighted by Gasteiger charge is -2.34. The van der Waals surface area contributed by atoms with E-state index < -0.39 is 0 Å². The van der Waals surface area contributed by atoms with E-state index in [4.69, 9.17) is 16.9 Å². The van der Waals surface area contributed by atoms with Gasteiger partial charge in [-0.1, -0.05) is 0 Å². The molecule has 1 aliphatic heterocycles. The maximum atomic E-state index is 11.3. The van der Waals surface area contributed by atoms with Crippen LogP contribution in [0.5, 0.6) is 0 Å². The van der Waals surface area contributed by atoms with Gasteiger partial charge in [0.05, 0.1) is 5.56 Å². The Kier molecular flexibility index (Phi) is 3.60. The first-order valence-corrected chi connectivity index (χ1v) is 5.92. The van der Waals surface area contributed by atoms with E-state index in [2.05, 4.69) is 4.98 Å². The highest BCUT2D eigenvalue weighted by Crippen LogP contribution is 2.24. The van der Waals surface area contributed by atoms with Gasteiger partial charge in [0.25, 0.3) is 0 Å². The van der Waals surface area contributed by atoms with Crippen molar-refractivity contribution in [1.82, 2.24) is 4.98 Å². The quantitative estimate of drug-likeness (QED) is 0.753. The van der Waals surface area contributed by atoms with Crippen LogP contribution in [0, 0.1) is 11.3 Å². The molecule has 0 bridgehead atoms. The zero-order valence-corrected chi connectivity index (χ0v) is 10.0. The molecule has 0 spiro atoms. The van der Waals surface area contributed by atoms with E-state index in [0.29, 0.717) is 11.4 Å². The third-order valence-corrected chi connectivity index (χ3v) is 3.19. The molecule has 0 saturated carbocycles. The van der Waals surface area contributed by atoms with Gasteiger partial charge in [0.15, 0.2) is 0 Å². The summed E-state index contributed by atoms with van der Waals surface area (Å²) < 4.78 is 0. The maximum absolute atomic E-state index is 11.3. The van der Waals surface area contributed by atoms with Crippen molar-refractivity contribution in [3.63, 3.8) is 0 Å². The number of carbonyl (C=O) groups is 1. The molecule has 5 heteroatoms. The summed E-state index contributed by atoms with van der Waals surface area (Å²) in [5.41, 5.74) is 0.513. The minimum Gasteiger partial charge on any atom is -0.345 e. The van der Waals surface area contributed by atoms with Gasteiger partial charge in [0, 0.05) is 12.7 Å². The number of carbonyl (C=O) groups excluding carboxylic acids is 1. The number of aromatic nitrogens is 1. The first-order valence-electron chi connectivity index (χ1n) is 5.54. The Morgan fingerprint density at radius 3 is 2.94 bits per heavy atom. The highest BCUT2D eigenvalue weighted by Gasteiger charge is 2.28. The van der Waals surface area contributed by atoms with Crippen LogP contribution in [-0.4, -0.2) is 22.8 Å². The summed E-state index contributed by atoms with van der Waals surface area (Å²) in [6.07, 6.45) is 4.32. The fourth-order valence-corrected chi connectivity index (χ4v) is 2.29. The minimum atomic E-state index is -0.337. The van der Waals surface area contributed by atoms with Gasteiger partial charge in [0.2, 0.25) is 5.24 Å². The van der Waals surface area contributed by atoms with E-state index in [1.165, 1.54) is 6.20 Å². The fraction of sp³-hybridized carbons (Fsp3) is 0.417. The van der Waals surface area contributed by atoms with Gasteiger partial charge in [0.1, 0.15) is 17.9 Å². The molecule has 1 fully saturated rings. The lowest BCUT2D eigenvalue weighted by molar-refractivity contribution is -0.113. The van der Waals surface area contributed by atoms with Crippen molar-refractivity contribution in [3.05, 3.63) is 23.9 Å². The average Bonchev–Trinajstić information content (AvgIpc) is 2.39. The Hall–Kier alpha value is -1.60. The summed E-state index contributed by atoms with van der Waals surface area (Å²) in [4.78, 5) is 17.5. The number of nitriles is 1. The van der Waals surface area contributed by atoms with Crippen LogP contribution in [0.1, 0.15) is 24.8 Å². The zero-order valence-electron chi connectivity index (χ0n) is 9.27. The molecule has 2 heterocycles. The normalized spacial score (nSPS) is 19.8. The Bertz CT molecular complexity index is 452. The third-order valence-electron chi connectivity index (χ3n) is 2.94. The summed E-state index contributed by atoms with van der Waals surface area (Å²) in [6.45, 7) is 0.780. The molecule has 0 radical (unpaired) electrons. The molecule has 4 nitrogen and oxygen atoms in total. The Morgan fingerprint density at radius 2 is 2.35 bits per heavy atom. The van der Waals surface area contributed by atoms with Crippen molar-refractivity contribution in [3.8, 4) is 6.07 Å². The molecule has 1 aromatic rings. The Labute approximate surface area is 105 Å². The van der Waals surface area contributed by atoms with Crippen LogP contribution in [-0.2, 0) is 4.79 Å². The zero-order chi connectivity index (χ0) is 12.3. The first-order chi connectivity index (χ1) is 8.22. The minimum absolute atomic E-state index is 0.286. The van der Waals surface area contributed by atoms with Crippen LogP contribution in [0.4, 0.5) is 5.82 Å². The molecule has 88 valence electrons. The van der Waals surface area contributed by atoms with Crippen molar-refractivity contribution in [2.75, 3.05) is 11.4 Å². The van der Waals surface area contributed by atoms with E-state index in [-0.39, 0.29) is 11.3 Å². The second-order valence-corrected chi connectivity index (χ2v) is 4.40. The van der Waals surface area contributed by atoms with Crippen molar-refractivity contribution >= 4 is 22.7 Å². The summed E-state index contributed by atoms with van der Waals surface area (Å²) >= 11 is 5.60. The summed E-state index contributed by atoms with van der Waals surface area (Å²) in [7, 11) is 0. The van der Waals surface area contributed by atoms with Gasteiger partial charge in [-0.25, -0.2) is 4.98 Å². The van der Waals surface area contributed by atoms with Gasteiger partial charge in [-0.05, 0) is 43.0 Å². The van der Waals surface area contributed by atoms with Crippen LogP contribution in [0.3, 0.4) is 0 Å². The van der Waals surface area contributed by atoms with Crippen molar-refractivity contribution in [2.45, 2.75) is 25.3 Å². The monoisotopic (exact) mass is 249 g/mol. The largest absolute Gasteiger partial charge is 0.345 e. The van der Waals surface area contributed by atoms with Crippen molar-refractivity contribution in [1.29, 1.82) is 5.26 Å². The van der Waals surface area contributed by atoms with Crippen LogP contribution >= 0.6 is 11.6 Å². The Balaban J connectivity index is 2.24. The van der Waals surface area contributed by atoms with E-state index in [0.717, 1.165) is 25.8 Å². The molecular weight excluding hydrogens is 238 g/mol. The Morgan fingerprint density at radius 1 is 1.53 bits per heavy atom. The molecule has 0 amide bonds. The van der Waals surface area contributed by atoms with E-state index in [1.807, 2.05) is 11.0 Å². The predicted molar refractivity (Wildman–Crippen MR) is 64.8 cm³/mol. The number of anilines is 1. The molecule has 0 aromatic carbocycles. The second-order valence-electron chi connectivity index (χ2n) is 4.03.